The number of carbonyl (C=O) groups is 1. The van der Waals surface area contributed by atoms with Gasteiger partial charge in [0.15, 0.2) is 0 Å². The van der Waals surface area contributed by atoms with Crippen LogP contribution in [0.2, 0.25) is 0 Å². The van der Waals surface area contributed by atoms with E-state index in [2.05, 4.69) is 5.32 Å². The van der Waals surface area contributed by atoms with Crippen LogP contribution in [-0.2, 0) is 14.8 Å². The third kappa shape index (κ3) is 4.81. The minimum atomic E-state index is -3.52. The van der Waals surface area contributed by atoms with Crippen LogP contribution in [0.15, 0.2) is 48.5 Å². The number of nitrogens with zero attached hydrogens (tertiary/aromatic N) is 2. The first-order chi connectivity index (χ1) is 11.8. The van der Waals surface area contributed by atoms with Crippen LogP contribution in [0.1, 0.15) is 17.5 Å². The highest BCUT2D eigenvalue weighted by molar-refractivity contribution is 7.92. The Bertz CT molecular complexity index is 917. The third-order valence-corrected chi connectivity index (χ3v) is 4.83. The van der Waals surface area contributed by atoms with Crippen LogP contribution in [0.5, 0.6) is 0 Å². The summed E-state index contributed by atoms with van der Waals surface area (Å²) in [5.74, 6) is -0.357. The highest BCUT2D eigenvalue weighted by atomic mass is 32.2. The Kier molecular flexibility index (Phi) is 5.78. The SMILES string of the molecule is Cc1ccccc1N(CCC(=O)Nc1ccccc1C#N)S(C)(=O)=O. The zero-order chi connectivity index (χ0) is 18.4. The van der Waals surface area contributed by atoms with E-state index in [9.17, 15) is 13.2 Å². The second-order valence-corrected chi connectivity index (χ2v) is 7.48. The fourth-order valence-corrected chi connectivity index (χ4v) is 3.40. The monoisotopic (exact) mass is 357 g/mol. The number of amides is 1. The summed E-state index contributed by atoms with van der Waals surface area (Å²) in [6, 6.07) is 15.8. The number of nitriles is 1. The Hall–Kier alpha value is -2.85. The molecule has 1 N–H and O–H groups in total. The van der Waals surface area contributed by atoms with Crippen molar-refractivity contribution in [1.82, 2.24) is 0 Å². The van der Waals surface area contributed by atoms with Crippen molar-refractivity contribution in [2.45, 2.75) is 13.3 Å². The van der Waals surface area contributed by atoms with Gasteiger partial charge in [0.25, 0.3) is 0 Å². The maximum absolute atomic E-state index is 12.2. The van der Waals surface area contributed by atoms with Crippen LogP contribution >= 0.6 is 0 Å². The molecule has 0 radical (unpaired) electrons. The lowest BCUT2D eigenvalue weighted by Gasteiger charge is -2.23. The lowest BCUT2D eigenvalue weighted by Crippen LogP contribution is -2.33. The molecule has 6 nitrogen and oxygen atoms in total. The molecule has 0 atom stereocenters. The number of benzene rings is 2. The highest BCUT2D eigenvalue weighted by Crippen LogP contribution is 2.22. The minimum absolute atomic E-state index is 0.0181. The van der Waals surface area contributed by atoms with E-state index in [1.807, 2.05) is 25.1 Å². The van der Waals surface area contributed by atoms with Gasteiger partial charge in [-0.1, -0.05) is 30.3 Å². The second kappa shape index (κ2) is 7.81. The normalized spacial score (nSPS) is 10.8. The summed E-state index contributed by atoms with van der Waals surface area (Å²) >= 11 is 0. The lowest BCUT2D eigenvalue weighted by atomic mass is 10.2. The molecule has 0 unspecified atom stereocenters. The molecular formula is C18H19N3O3S. The van der Waals surface area contributed by atoms with Crippen molar-refractivity contribution < 1.29 is 13.2 Å². The average Bonchev–Trinajstić information content (AvgIpc) is 2.56. The molecule has 2 rings (SSSR count). The summed E-state index contributed by atoms with van der Waals surface area (Å²) in [5, 5.41) is 11.7. The summed E-state index contributed by atoms with van der Waals surface area (Å²) in [5.41, 5.74) is 2.13. The van der Waals surface area contributed by atoms with Crippen molar-refractivity contribution >= 4 is 27.3 Å². The predicted molar refractivity (Wildman–Crippen MR) is 97.8 cm³/mol. The number of aryl methyl sites for hydroxylation is 1. The van der Waals surface area contributed by atoms with Gasteiger partial charge in [-0.25, -0.2) is 8.42 Å². The highest BCUT2D eigenvalue weighted by Gasteiger charge is 2.20. The fourth-order valence-electron chi connectivity index (χ4n) is 2.41. The third-order valence-electron chi connectivity index (χ3n) is 3.65. The Balaban J connectivity index is 2.13. The van der Waals surface area contributed by atoms with E-state index in [0.29, 0.717) is 16.9 Å². The minimum Gasteiger partial charge on any atom is -0.325 e. The summed E-state index contributed by atoms with van der Waals surface area (Å²) < 4.78 is 25.4. The van der Waals surface area contributed by atoms with Crippen LogP contribution in [-0.4, -0.2) is 27.1 Å². The number of carbonyl (C=O) groups excluding carboxylic acids is 1. The number of nitrogens with one attached hydrogen (secondary N) is 1. The molecule has 0 aromatic heterocycles. The van der Waals surface area contributed by atoms with E-state index < -0.39 is 10.0 Å². The number of hydrogen-bond donors (Lipinski definition) is 1. The Morgan fingerprint density at radius 2 is 1.80 bits per heavy atom. The number of sulfonamides is 1. The van der Waals surface area contributed by atoms with E-state index in [-0.39, 0.29) is 18.9 Å². The van der Waals surface area contributed by atoms with Gasteiger partial charge in [0.05, 0.1) is 23.2 Å². The molecule has 0 aliphatic rings. The Morgan fingerprint density at radius 3 is 2.44 bits per heavy atom. The van der Waals surface area contributed by atoms with Crippen LogP contribution < -0.4 is 9.62 Å². The largest absolute Gasteiger partial charge is 0.325 e. The van der Waals surface area contributed by atoms with Gasteiger partial charge in [-0.3, -0.25) is 9.10 Å². The maximum Gasteiger partial charge on any atom is 0.232 e. The van der Waals surface area contributed by atoms with Crippen molar-refractivity contribution in [3.05, 3.63) is 59.7 Å². The molecule has 0 fully saturated rings. The Morgan fingerprint density at radius 1 is 1.16 bits per heavy atom. The smallest absolute Gasteiger partial charge is 0.232 e. The zero-order valence-electron chi connectivity index (χ0n) is 14.1. The summed E-state index contributed by atoms with van der Waals surface area (Å²) in [6.45, 7) is 1.83. The molecule has 0 saturated heterocycles. The van der Waals surface area contributed by atoms with Gasteiger partial charge in [0.1, 0.15) is 6.07 Å². The summed E-state index contributed by atoms with van der Waals surface area (Å²) in [6.07, 6.45) is 1.09. The first kappa shape index (κ1) is 18.5. The first-order valence-electron chi connectivity index (χ1n) is 7.65. The van der Waals surface area contributed by atoms with Gasteiger partial charge in [-0.05, 0) is 30.7 Å². The van der Waals surface area contributed by atoms with E-state index in [1.165, 1.54) is 4.31 Å². The number of rotatable bonds is 6. The summed E-state index contributed by atoms with van der Waals surface area (Å²) in [7, 11) is -3.52. The Labute approximate surface area is 147 Å². The van der Waals surface area contributed by atoms with Crippen molar-refractivity contribution in [2.75, 3.05) is 22.4 Å². The number of anilines is 2. The van der Waals surface area contributed by atoms with E-state index in [0.717, 1.165) is 11.8 Å². The average molecular weight is 357 g/mol. The zero-order valence-corrected chi connectivity index (χ0v) is 14.9. The topological polar surface area (TPSA) is 90.3 Å². The molecule has 130 valence electrons. The molecule has 25 heavy (non-hydrogen) atoms. The maximum atomic E-state index is 12.2. The molecule has 2 aromatic carbocycles. The van der Waals surface area contributed by atoms with E-state index in [4.69, 9.17) is 5.26 Å². The van der Waals surface area contributed by atoms with Crippen LogP contribution in [0.25, 0.3) is 0 Å². The first-order valence-corrected chi connectivity index (χ1v) is 9.50. The van der Waals surface area contributed by atoms with Gasteiger partial charge in [-0.2, -0.15) is 5.26 Å². The molecule has 0 saturated carbocycles. The summed E-state index contributed by atoms with van der Waals surface area (Å²) in [4.78, 5) is 12.2. The second-order valence-electron chi connectivity index (χ2n) is 5.58. The van der Waals surface area contributed by atoms with Crippen molar-refractivity contribution in [1.29, 1.82) is 5.26 Å². The predicted octanol–water partition coefficient (Wildman–Crippen LogP) is 2.66. The lowest BCUT2D eigenvalue weighted by molar-refractivity contribution is -0.116. The quantitative estimate of drug-likeness (QED) is 0.860. The van der Waals surface area contributed by atoms with Crippen LogP contribution in [0.4, 0.5) is 11.4 Å². The number of para-hydroxylation sites is 2. The molecule has 0 aliphatic carbocycles. The van der Waals surface area contributed by atoms with E-state index in [1.54, 1.807) is 36.4 Å². The fraction of sp³-hybridized carbons (Fsp3) is 0.222. The molecule has 0 bridgehead atoms. The van der Waals surface area contributed by atoms with Crippen LogP contribution in [0, 0.1) is 18.3 Å². The van der Waals surface area contributed by atoms with Crippen molar-refractivity contribution in [3.8, 4) is 6.07 Å². The van der Waals surface area contributed by atoms with Crippen molar-refractivity contribution in [3.63, 3.8) is 0 Å². The van der Waals surface area contributed by atoms with Gasteiger partial charge < -0.3 is 5.32 Å². The van der Waals surface area contributed by atoms with Crippen molar-refractivity contribution in [2.24, 2.45) is 0 Å². The molecular weight excluding hydrogens is 338 g/mol. The standard InChI is InChI=1S/C18H19N3O3S/c1-14-7-3-6-10-17(14)21(25(2,23)24)12-11-18(22)20-16-9-5-4-8-15(16)13-19/h3-10H,11-12H2,1-2H3,(H,20,22). The van der Waals surface area contributed by atoms with Gasteiger partial charge in [0.2, 0.25) is 15.9 Å². The molecule has 7 heteroatoms. The van der Waals surface area contributed by atoms with Crippen LogP contribution in [0.3, 0.4) is 0 Å². The van der Waals surface area contributed by atoms with Gasteiger partial charge in [-0.15, -0.1) is 0 Å². The van der Waals surface area contributed by atoms with E-state index >= 15 is 0 Å². The molecule has 0 aliphatic heterocycles. The molecule has 1 amide bonds. The number of hydrogen-bond acceptors (Lipinski definition) is 4. The molecule has 0 spiro atoms. The van der Waals surface area contributed by atoms with Gasteiger partial charge in [0, 0.05) is 13.0 Å². The molecule has 0 heterocycles. The molecule has 2 aromatic rings. The van der Waals surface area contributed by atoms with Gasteiger partial charge >= 0.3 is 0 Å².